The Morgan fingerprint density at radius 2 is 1.86 bits per heavy atom. The second kappa shape index (κ2) is 4.97. The van der Waals surface area contributed by atoms with Gasteiger partial charge < -0.3 is 0 Å². The molecule has 14 heavy (non-hydrogen) atoms. The largest absolute Gasteiger partial charge is 0.295 e. The van der Waals surface area contributed by atoms with E-state index in [9.17, 15) is 0 Å². The van der Waals surface area contributed by atoms with Crippen LogP contribution in [0.4, 0.5) is 0 Å². The Labute approximate surface area is 90.2 Å². The Bertz CT molecular complexity index is 196. The zero-order valence-electron chi connectivity index (χ0n) is 9.72. The highest BCUT2D eigenvalue weighted by atomic mass is 15.2. The van der Waals surface area contributed by atoms with Crippen molar-refractivity contribution < 1.29 is 0 Å². The average molecular weight is 197 g/mol. The highest BCUT2D eigenvalue weighted by Gasteiger charge is 2.23. The summed E-state index contributed by atoms with van der Waals surface area (Å²) in [5.74, 6) is 0.738. The summed E-state index contributed by atoms with van der Waals surface area (Å²) in [6, 6.07) is 0. The first kappa shape index (κ1) is 13.7. The summed E-state index contributed by atoms with van der Waals surface area (Å²) in [5, 5.41) is 0. The van der Waals surface area contributed by atoms with Crippen LogP contribution in [0.15, 0.2) is 11.6 Å². The minimum absolute atomic E-state index is 0. The summed E-state index contributed by atoms with van der Waals surface area (Å²) in [7, 11) is 0. The molecule has 1 heterocycles. The van der Waals surface area contributed by atoms with Crippen LogP contribution in [0.5, 0.6) is 0 Å². The number of hydrogen-bond acceptors (Lipinski definition) is 1. The Balaban J connectivity index is 0.00000169. The van der Waals surface area contributed by atoms with Crippen molar-refractivity contribution in [2.24, 2.45) is 5.92 Å². The Kier molecular flexibility index (Phi) is 4.87. The zero-order valence-corrected chi connectivity index (χ0v) is 9.72. The van der Waals surface area contributed by atoms with E-state index in [0.29, 0.717) is 5.54 Å². The third-order valence-corrected chi connectivity index (χ3v) is 2.93. The van der Waals surface area contributed by atoms with Crippen molar-refractivity contribution >= 4 is 0 Å². The lowest BCUT2D eigenvalue weighted by molar-refractivity contribution is 0.147. The quantitative estimate of drug-likeness (QED) is 0.579. The highest BCUT2D eigenvalue weighted by molar-refractivity contribution is 5.10. The van der Waals surface area contributed by atoms with Crippen LogP contribution in [-0.2, 0) is 0 Å². The fourth-order valence-electron chi connectivity index (χ4n) is 1.82. The molecule has 0 bridgehead atoms. The molecule has 0 aliphatic carbocycles. The van der Waals surface area contributed by atoms with Crippen molar-refractivity contribution in [3.63, 3.8) is 0 Å². The Morgan fingerprint density at radius 3 is 2.14 bits per heavy atom. The number of nitrogens with zero attached hydrogens (tertiary/aromatic N) is 1. The first-order chi connectivity index (χ1) is 5.91. The smallest absolute Gasteiger partial charge is 0.0171 e. The minimum atomic E-state index is 0. The molecule has 1 heteroatoms. The van der Waals surface area contributed by atoms with Gasteiger partial charge in [-0.15, -0.1) is 0 Å². The van der Waals surface area contributed by atoms with Gasteiger partial charge in [0.05, 0.1) is 0 Å². The van der Waals surface area contributed by atoms with Gasteiger partial charge in [0.1, 0.15) is 0 Å². The Hall–Kier alpha value is -0.300. The van der Waals surface area contributed by atoms with Gasteiger partial charge in [-0.3, -0.25) is 4.90 Å². The van der Waals surface area contributed by atoms with E-state index in [1.54, 1.807) is 5.57 Å². The molecule has 1 aliphatic heterocycles. The third kappa shape index (κ3) is 3.45. The molecule has 1 rings (SSSR count). The first-order valence-corrected chi connectivity index (χ1v) is 5.35. The maximum absolute atomic E-state index is 2.54. The van der Waals surface area contributed by atoms with Crippen LogP contribution in [0.1, 0.15) is 48.5 Å². The van der Waals surface area contributed by atoms with Crippen molar-refractivity contribution in [3.05, 3.63) is 11.6 Å². The number of rotatable bonds is 1. The molecule has 0 aromatic rings. The monoisotopic (exact) mass is 197 g/mol. The second-order valence-corrected chi connectivity index (χ2v) is 5.30. The van der Waals surface area contributed by atoms with Gasteiger partial charge in [-0.25, -0.2) is 0 Å². The number of hydrogen-bond donors (Lipinski definition) is 0. The summed E-state index contributed by atoms with van der Waals surface area (Å²) in [4.78, 5) is 2.54. The van der Waals surface area contributed by atoms with E-state index in [-0.39, 0.29) is 7.43 Å². The average Bonchev–Trinajstić information content (AvgIpc) is 2.03. The van der Waals surface area contributed by atoms with Gasteiger partial charge in [0.15, 0.2) is 0 Å². The molecule has 0 amide bonds. The predicted octanol–water partition coefficient (Wildman–Crippen LogP) is 3.71. The van der Waals surface area contributed by atoms with Crippen LogP contribution in [0.25, 0.3) is 0 Å². The predicted molar refractivity (Wildman–Crippen MR) is 65.6 cm³/mol. The zero-order chi connectivity index (χ0) is 10.1. The molecule has 0 unspecified atom stereocenters. The van der Waals surface area contributed by atoms with E-state index in [4.69, 9.17) is 0 Å². The van der Waals surface area contributed by atoms with Gasteiger partial charge in [-0.1, -0.05) is 32.9 Å². The summed E-state index contributed by atoms with van der Waals surface area (Å²) >= 11 is 0. The lowest BCUT2D eigenvalue weighted by Gasteiger charge is -2.38. The molecule has 0 saturated heterocycles. The summed E-state index contributed by atoms with van der Waals surface area (Å²) in [6.07, 6.45) is 3.67. The highest BCUT2D eigenvalue weighted by Crippen LogP contribution is 2.23. The van der Waals surface area contributed by atoms with Gasteiger partial charge >= 0.3 is 0 Å². The molecule has 0 saturated carbocycles. The van der Waals surface area contributed by atoms with Crippen LogP contribution < -0.4 is 0 Å². The summed E-state index contributed by atoms with van der Waals surface area (Å²) in [6.45, 7) is 13.8. The van der Waals surface area contributed by atoms with Crippen molar-refractivity contribution in [2.45, 2.75) is 54.0 Å². The van der Waals surface area contributed by atoms with E-state index < -0.39 is 0 Å². The van der Waals surface area contributed by atoms with Crippen molar-refractivity contribution in [2.75, 3.05) is 13.1 Å². The molecule has 0 N–H and O–H groups in total. The molecular formula is C13H27N. The van der Waals surface area contributed by atoms with E-state index >= 15 is 0 Å². The molecule has 0 atom stereocenters. The maximum atomic E-state index is 2.54. The maximum Gasteiger partial charge on any atom is 0.0171 e. The van der Waals surface area contributed by atoms with Gasteiger partial charge in [0, 0.05) is 18.6 Å². The summed E-state index contributed by atoms with van der Waals surface area (Å²) < 4.78 is 0. The topological polar surface area (TPSA) is 3.24 Å². The van der Waals surface area contributed by atoms with E-state index in [1.165, 1.54) is 13.0 Å². The fourth-order valence-corrected chi connectivity index (χ4v) is 1.82. The van der Waals surface area contributed by atoms with Crippen LogP contribution in [0, 0.1) is 5.92 Å². The first-order valence-electron chi connectivity index (χ1n) is 5.35. The molecule has 0 fully saturated rings. The summed E-state index contributed by atoms with van der Waals surface area (Å²) in [5.41, 5.74) is 1.97. The van der Waals surface area contributed by atoms with Gasteiger partial charge in [-0.2, -0.15) is 0 Å². The van der Waals surface area contributed by atoms with E-state index in [1.807, 2.05) is 0 Å². The normalized spacial score (nSPS) is 19.1. The van der Waals surface area contributed by atoms with Gasteiger partial charge in [-0.05, 0) is 33.1 Å². The molecule has 1 aliphatic rings. The van der Waals surface area contributed by atoms with Crippen LogP contribution in [-0.4, -0.2) is 23.5 Å². The van der Waals surface area contributed by atoms with Crippen LogP contribution >= 0.6 is 0 Å². The SMILES string of the molecule is C.CC(C)C1=CCN(C(C)(C)C)CC1. The van der Waals surface area contributed by atoms with Gasteiger partial charge in [0.25, 0.3) is 0 Å². The standard InChI is InChI=1S/C12H23N.CH4/c1-10(2)11-6-8-13(9-7-11)12(3,4)5;/h6,10H,7-9H2,1-5H3;1H4. The molecule has 0 spiro atoms. The van der Waals surface area contributed by atoms with E-state index in [0.717, 1.165) is 12.5 Å². The van der Waals surface area contributed by atoms with E-state index in [2.05, 4.69) is 45.6 Å². The minimum Gasteiger partial charge on any atom is -0.295 e. The van der Waals surface area contributed by atoms with Crippen LogP contribution in [0.2, 0.25) is 0 Å². The second-order valence-electron chi connectivity index (χ2n) is 5.30. The lowest BCUT2D eigenvalue weighted by atomic mass is 9.94. The van der Waals surface area contributed by atoms with Crippen molar-refractivity contribution in [3.8, 4) is 0 Å². The van der Waals surface area contributed by atoms with Crippen molar-refractivity contribution in [1.29, 1.82) is 0 Å². The van der Waals surface area contributed by atoms with Gasteiger partial charge in [0.2, 0.25) is 0 Å². The molecule has 1 nitrogen and oxygen atoms in total. The fraction of sp³-hybridized carbons (Fsp3) is 0.846. The Morgan fingerprint density at radius 1 is 1.29 bits per heavy atom. The molecule has 0 radical (unpaired) electrons. The molecular weight excluding hydrogens is 170 g/mol. The molecule has 0 aromatic carbocycles. The van der Waals surface area contributed by atoms with Crippen LogP contribution in [0.3, 0.4) is 0 Å². The van der Waals surface area contributed by atoms with Crippen molar-refractivity contribution in [1.82, 2.24) is 4.90 Å². The third-order valence-electron chi connectivity index (χ3n) is 2.93. The molecule has 84 valence electrons. The lowest BCUT2D eigenvalue weighted by Crippen LogP contribution is -2.44. The molecule has 0 aromatic heterocycles.